The van der Waals surface area contributed by atoms with E-state index in [1.165, 1.54) is 12.1 Å². The second-order valence-electron chi connectivity index (χ2n) is 5.42. The van der Waals surface area contributed by atoms with Crippen LogP contribution < -0.4 is 5.73 Å². The Balaban J connectivity index is 2.70. The lowest BCUT2D eigenvalue weighted by Gasteiger charge is -2.15. The SMILES string of the molecule is CC(C)c1nc(-c2cccc(F)c2F)c(N)n1C(C)C. The lowest BCUT2D eigenvalue weighted by molar-refractivity contribution is 0.511. The molecule has 0 atom stereocenters. The van der Waals surface area contributed by atoms with Gasteiger partial charge in [-0.15, -0.1) is 0 Å². The van der Waals surface area contributed by atoms with E-state index < -0.39 is 11.6 Å². The van der Waals surface area contributed by atoms with Crippen LogP contribution in [0.4, 0.5) is 14.6 Å². The highest BCUT2D eigenvalue weighted by Gasteiger charge is 2.22. The molecule has 0 radical (unpaired) electrons. The molecule has 0 saturated heterocycles. The van der Waals surface area contributed by atoms with Gasteiger partial charge >= 0.3 is 0 Å². The van der Waals surface area contributed by atoms with Crippen LogP contribution >= 0.6 is 0 Å². The number of hydrogen-bond acceptors (Lipinski definition) is 2. The van der Waals surface area contributed by atoms with Crippen molar-refractivity contribution >= 4 is 5.82 Å². The van der Waals surface area contributed by atoms with Crippen molar-refractivity contribution in [1.29, 1.82) is 0 Å². The number of nitrogen functional groups attached to an aromatic ring is 1. The standard InChI is InChI=1S/C15H19F2N3/c1-8(2)15-19-13(14(18)20(15)9(3)4)10-6-5-7-11(16)12(10)17/h5-9H,18H2,1-4H3. The quantitative estimate of drug-likeness (QED) is 0.918. The summed E-state index contributed by atoms with van der Waals surface area (Å²) in [5, 5.41) is 0. The largest absolute Gasteiger partial charge is 0.383 e. The van der Waals surface area contributed by atoms with Crippen molar-refractivity contribution < 1.29 is 8.78 Å². The van der Waals surface area contributed by atoms with Crippen LogP contribution in [0.15, 0.2) is 18.2 Å². The molecule has 0 spiro atoms. The molecule has 5 heteroatoms. The summed E-state index contributed by atoms with van der Waals surface area (Å²) in [6, 6.07) is 4.13. The Morgan fingerprint density at radius 2 is 1.80 bits per heavy atom. The fourth-order valence-electron chi connectivity index (χ4n) is 2.30. The van der Waals surface area contributed by atoms with E-state index in [1.807, 2.05) is 32.3 Å². The third-order valence-electron chi connectivity index (χ3n) is 3.21. The van der Waals surface area contributed by atoms with Crippen LogP contribution in [0.2, 0.25) is 0 Å². The number of hydrogen-bond donors (Lipinski definition) is 1. The molecule has 0 saturated carbocycles. The molecule has 0 aliphatic rings. The monoisotopic (exact) mass is 279 g/mol. The van der Waals surface area contributed by atoms with Gasteiger partial charge in [0.15, 0.2) is 11.6 Å². The summed E-state index contributed by atoms with van der Waals surface area (Å²) < 4.78 is 29.2. The summed E-state index contributed by atoms with van der Waals surface area (Å²) >= 11 is 0. The second kappa shape index (κ2) is 5.23. The lowest BCUT2D eigenvalue weighted by Crippen LogP contribution is -2.10. The molecular weight excluding hydrogens is 260 g/mol. The summed E-state index contributed by atoms with van der Waals surface area (Å²) in [7, 11) is 0. The van der Waals surface area contributed by atoms with E-state index in [4.69, 9.17) is 5.73 Å². The normalized spacial score (nSPS) is 11.6. The molecule has 0 aliphatic heterocycles. The molecule has 1 heterocycles. The summed E-state index contributed by atoms with van der Waals surface area (Å²) in [6.45, 7) is 7.95. The summed E-state index contributed by atoms with van der Waals surface area (Å²) in [6.07, 6.45) is 0. The topological polar surface area (TPSA) is 43.8 Å². The van der Waals surface area contributed by atoms with Crippen molar-refractivity contribution in [1.82, 2.24) is 9.55 Å². The maximum atomic E-state index is 13.9. The Kier molecular flexibility index (Phi) is 3.79. The van der Waals surface area contributed by atoms with Crippen LogP contribution in [0.1, 0.15) is 45.5 Å². The number of nitrogens with zero attached hydrogens (tertiary/aromatic N) is 2. The van der Waals surface area contributed by atoms with Crippen molar-refractivity contribution in [2.45, 2.75) is 39.7 Å². The van der Waals surface area contributed by atoms with Gasteiger partial charge in [-0.05, 0) is 26.0 Å². The van der Waals surface area contributed by atoms with E-state index in [-0.39, 0.29) is 17.5 Å². The number of imidazole rings is 1. The van der Waals surface area contributed by atoms with E-state index in [2.05, 4.69) is 4.98 Å². The van der Waals surface area contributed by atoms with Gasteiger partial charge in [-0.2, -0.15) is 0 Å². The minimum atomic E-state index is -0.914. The first-order valence-electron chi connectivity index (χ1n) is 6.66. The van der Waals surface area contributed by atoms with Gasteiger partial charge in [0.2, 0.25) is 0 Å². The molecule has 2 aromatic rings. The molecule has 1 aromatic carbocycles. The zero-order valence-electron chi connectivity index (χ0n) is 12.1. The molecule has 20 heavy (non-hydrogen) atoms. The smallest absolute Gasteiger partial charge is 0.168 e. The van der Waals surface area contributed by atoms with Gasteiger partial charge in [-0.25, -0.2) is 13.8 Å². The highest BCUT2D eigenvalue weighted by atomic mass is 19.2. The molecule has 2 N–H and O–H groups in total. The van der Waals surface area contributed by atoms with E-state index in [1.54, 1.807) is 0 Å². The average Bonchev–Trinajstić information content (AvgIpc) is 2.71. The minimum Gasteiger partial charge on any atom is -0.383 e. The predicted octanol–water partition coefficient (Wildman–Crippen LogP) is 4.11. The Hall–Kier alpha value is -1.91. The Bertz CT molecular complexity index is 630. The molecule has 3 nitrogen and oxygen atoms in total. The van der Waals surface area contributed by atoms with E-state index in [0.29, 0.717) is 11.5 Å². The zero-order valence-corrected chi connectivity index (χ0v) is 12.1. The molecule has 0 unspecified atom stereocenters. The third kappa shape index (κ3) is 2.28. The van der Waals surface area contributed by atoms with Gasteiger partial charge in [0, 0.05) is 17.5 Å². The molecule has 0 fully saturated rings. The van der Waals surface area contributed by atoms with Crippen molar-refractivity contribution in [3.8, 4) is 11.3 Å². The number of aromatic nitrogens is 2. The van der Waals surface area contributed by atoms with Crippen LogP contribution in [0.3, 0.4) is 0 Å². The molecular formula is C15H19F2N3. The number of benzene rings is 1. The molecule has 108 valence electrons. The number of nitrogens with two attached hydrogens (primary N) is 1. The lowest BCUT2D eigenvalue weighted by atomic mass is 10.1. The van der Waals surface area contributed by atoms with Crippen molar-refractivity contribution in [2.75, 3.05) is 5.73 Å². The maximum Gasteiger partial charge on any atom is 0.168 e. The van der Waals surface area contributed by atoms with E-state index >= 15 is 0 Å². The van der Waals surface area contributed by atoms with Crippen molar-refractivity contribution in [2.24, 2.45) is 0 Å². The Labute approximate surface area is 117 Å². The second-order valence-corrected chi connectivity index (χ2v) is 5.42. The molecule has 0 bridgehead atoms. The number of anilines is 1. The fourth-order valence-corrected chi connectivity index (χ4v) is 2.30. The highest BCUT2D eigenvalue weighted by Crippen LogP contribution is 2.33. The first kappa shape index (κ1) is 14.5. The highest BCUT2D eigenvalue weighted by molar-refractivity contribution is 5.71. The van der Waals surface area contributed by atoms with Crippen LogP contribution in [0.5, 0.6) is 0 Å². The molecule has 1 aromatic heterocycles. The fraction of sp³-hybridized carbons (Fsp3) is 0.400. The molecule has 0 aliphatic carbocycles. The minimum absolute atomic E-state index is 0.101. The van der Waals surface area contributed by atoms with Crippen molar-refractivity contribution in [3.63, 3.8) is 0 Å². The van der Waals surface area contributed by atoms with Crippen LogP contribution in [0.25, 0.3) is 11.3 Å². The zero-order chi connectivity index (χ0) is 15.0. The molecule has 0 amide bonds. The number of halogens is 2. The molecule has 2 rings (SSSR count). The summed E-state index contributed by atoms with van der Waals surface area (Å²) in [4.78, 5) is 4.43. The summed E-state index contributed by atoms with van der Waals surface area (Å²) in [5.41, 5.74) is 6.51. The van der Waals surface area contributed by atoms with Gasteiger partial charge in [-0.1, -0.05) is 19.9 Å². The summed E-state index contributed by atoms with van der Waals surface area (Å²) in [5.74, 6) is -0.524. The van der Waals surface area contributed by atoms with Gasteiger partial charge in [0.05, 0.1) is 0 Å². The number of rotatable bonds is 3. The van der Waals surface area contributed by atoms with E-state index in [0.717, 1.165) is 11.9 Å². The Morgan fingerprint density at radius 3 is 2.30 bits per heavy atom. The van der Waals surface area contributed by atoms with Crippen LogP contribution in [0, 0.1) is 11.6 Å². The predicted molar refractivity (Wildman–Crippen MR) is 76.5 cm³/mol. The van der Waals surface area contributed by atoms with Gasteiger partial charge in [-0.3, -0.25) is 0 Å². The van der Waals surface area contributed by atoms with Gasteiger partial charge in [0.1, 0.15) is 17.3 Å². The van der Waals surface area contributed by atoms with Crippen molar-refractivity contribution in [3.05, 3.63) is 35.7 Å². The van der Waals surface area contributed by atoms with E-state index in [9.17, 15) is 8.78 Å². The first-order chi connectivity index (χ1) is 9.34. The van der Waals surface area contributed by atoms with Gasteiger partial charge < -0.3 is 10.3 Å². The first-order valence-corrected chi connectivity index (χ1v) is 6.66. The van der Waals surface area contributed by atoms with Crippen LogP contribution in [-0.2, 0) is 0 Å². The maximum absolute atomic E-state index is 13.9. The third-order valence-corrected chi connectivity index (χ3v) is 3.21. The van der Waals surface area contributed by atoms with Crippen LogP contribution in [-0.4, -0.2) is 9.55 Å². The Morgan fingerprint density at radius 1 is 1.15 bits per heavy atom. The van der Waals surface area contributed by atoms with Gasteiger partial charge in [0.25, 0.3) is 0 Å². The average molecular weight is 279 g/mol.